The van der Waals surface area contributed by atoms with Gasteiger partial charge < -0.3 is 9.32 Å². The molecule has 9 aromatic carbocycles. The Balaban J connectivity index is 1.27. The van der Waals surface area contributed by atoms with Crippen molar-refractivity contribution in [2.75, 3.05) is 4.90 Å². The van der Waals surface area contributed by atoms with E-state index in [1.165, 1.54) is 49.7 Å². The first-order valence-electron chi connectivity index (χ1n) is 21.8. The first-order chi connectivity index (χ1) is 30.0. The van der Waals surface area contributed by atoms with E-state index < -0.39 is 0 Å². The van der Waals surface area contributed by atoms with E-state index in [0.717, 1.165) is 55.7 Å². The Bertz CT molecular complexity index is 3230. The third-order valence-electron chi connectivity index (χ3n) is 12.4. The van der Waals surface area contributed by atoms with Gasteiger partial charge in [-0.05, 0) is 96.9 Å². The van der Waals surface area contributed by atoms with Crippen LogP contribution in [-0.4, -0.2) is 0 Å². The number of para-hydroxylation sites is 4. The summed E-state index contributed by atoms with van der Waals surface area (Å²) in [5.74, 6) is 0. The summed E-state index contributed by atoms with van der Waals surface area (Å²) in [6, 6.07) is 73.1. The smallest absolute Gasteiger partial charge is 0.136 e. The van der Waals surface area contributed by atoms with E-state index in [4.69, 9.17) is 4.42 Å². The quantitative estimate of drug-likeness (QED) is 0.160. The van der Waals surface area contributed by atoms with E-state index in [0.29, 0.717) is 0 Å². The van der Waals surface area contributed by atoms with Crippen LogP contribution < -0.4 is 4.90 Å². The fraction of sp³-hybridized carbons (Fsp3) is 0.133. The molecule has 2 nitrogen and oxygen atoms in total. The Kier molecular flexibility index (Phi) is 9.68. The molecule has 0 N–H and O–H groups in total. The van der Waals surface area contributed by atoms with E-state index in [1.54, 1.807) is 0 Å². The van der Waals surface area contributed by atoms with Gasteiger partial charge in [-0.25, -0.2) is 0 Å². The van der Waals surface area contributed by atoms with Gasteiger partial charge in [0.05, 0.1) is 17.1 Å². The number of hydrogen-bond donors (Lipinski definition) is 0. The summed E-state index contributed by atoms with van der Waals surface area (Å²) in [4.78, 5) is 2.51. The maximum atomic E-state index is 6.49. The monoisotopic (exact) mass is 801 g/mol. The zero-order valence-corrected chi connectivity index (χ0v) is 36.4. The van der Waals surface area contributed by atoms with E-state index in [2.05, 4.69) is 241 Å². The van der Waals surface area contributed by atoms with E-state index >= 15 is 0 Å². The van der Waals surface area contributed by atoms with Gasteiger partial charge in [0.25, 0.3) is 0 Å². The van der Waals surface area contributed by atoms with Crippen molar-refractivity contribution in [3.8, 4) is 44.5 Å². The predicted molar refractivity (Wildman–Crippen MR) is 265 cm³/mol. The molecular weight excluding hydrogens is 751 g/mol. The van der Waals surface area contributed by atoms with Crippen molar-refractivity contribution >= 4 is 49.8 Å². The van der Waals surface area contributed by atoms with Gasteiger partial charge in [-0.15, -0.1) is 0 Å². The van der Waals surface area contributed by atoms with Crippen LogP contribution in [0.4, 0.5) is 17.1 Å². The van der Waals surface area contributed by atoms with Crippen molar-refractivity contribution < 1.29 is 4.42 Å². The summed E-state index contributed by atoms with van der Waals surface area (Å²) in [6.45, 7) is 13.9. The van der Waals surface area contributed by atoms with Gasteiger partial charge in [0.15, 0.2) is 0 Å². The average molecular weight is 802 g/mol. The van der Waals surface area contributed by atoms with Crippen molar-refractivity contribution in [1.82, 2.24) is 0 Å². The van der Waals surface area contributed by atoms with Gasteiger partial charge in [-0.1, -0.05) is 205 Å². The van der Waals surface area contributed by atoms with Crippen LogP contribution in [0.15, 0.2) is 205 Å². The fourth-order valence-corrected chi connectivity index (χ4v) is 9.08. The van der Waals surface area contributed by atoms with Crippen LogP contribution in [0.2, 0.25) is 0 Å². The minimum atomic E-state index is -0.0377. The lowest BCUT2D eigenvalue weighted by atomic mass is 9.78. The minimum absolute atomic E-state index is 0.0377. The Morgan fingerprint density at radius 2 is 0.839 bits per heavy atom. The topological polar surface area (TPSA) is 16.4 Å². The zero-order chi connectivity index (χ0) is 42.6. The number of nitrogens with zero attached hydrogens (tertiary/aromatic N) is 1. The Hall–Kier alpha value is -7.16. The molecule has 2 heteroatoms. The maximum absolute atomic E-state index is 6.49. The zero-order valence-electron chi connectivity index (χ0n) is 36.4. The number of furan rings is 1. The van der Waals surface area contributed by atoms with Gasteiger partial charge in [-0.3, -0.25) is 0 Å². The van der Waals surface area contributed by atoms with Crippen LogP contribution in [0, 0.1) is 0 Å². The van der Waals surface area contributed by atoms with Gasteiger partial charge in [0, 0.05) is 27.5 Å². The highest BCUT2D eigenvalue weighted by Gasteiger charge is 2.27. The summed E-state index contributed by atoms with van der Waals surface area (Å²) in [5, 5.41) is 4.69. The highest BCUT2D eigenvalue weighted by atomic mass is 16.3. The van der Waals surface area contributed by atoms with E-state index in [9.17, 15) is 0 Å². The van der Waals surface area contributed by atoms with Crippen LogP contribution in [0.1, 0.15) is 52.7 Å². The molecule has 10 rings (SSSR count). The second kappa shape index (κ2) is 15.4. The highest BCUT2D eigenvalue weighted by molar-refractivity contribution is 6.10. The van der Waals surface area contributed by atoms with Gasteiger partial charge in [-0.2, -0.15) is 0 Å². The molecule has 62 heavy (non-hydrogen) atoms. The molecule has 0 saturated heterocycles. The van der Waals surface area contributed by atoms with Crippen molar-refractivity contribution in [2.24, 2.45) is 0 Å². The molecule has 0 spiro atoms. The lowest BCUT2D eigenvalue weighted by Crippen LogP contribution is -2.17. The molecular formula is C60H51NO. The van der Waals surface area contributed by atoms with Crippen LogP contribution in [-0.2, 0) is 10.8 Å². The van der Waals surface area contributed by atoms with Crippen molar-refractivity contribution in [3.05, 3.63) is 211 Å². The molecule has 0 bridgehead atoms. The second-order valence-corrected chi connectivity index (χ2v) is 18.6. The third-order valence-corrected chi connectivity index (χ3v) is 12.4. The molecule has 0 amide bonds. The molecule has 1 heterocycles. The second-order valence-electron chi connectivity index (χ2n) is 18.6. The molecule has 0 aliphatic rings. The summed E-state index contributed by atoms with van der Waals surface area (Å²) in [7, 11) is 0. The largest absolute Gasteiger partial charge is 0.456 e. The van der Waals surface area contributed by atoms with Crippen molar-refractivity contribution in [2.45, 2.75) is 52.4 Å². The summed E-state index contributed by atoms with van der Waals surface area (Å²) in [5.41, 5.74) is 17.0. The lowest BCUT2D eigenvalue weighted by molar-refractivity contribution is 0.569. The van der Waals surface area contributed by atoms with E-state index in [-0.39, 0.29) is 10.8 Å². The number of rotatable bonds is 7. The predicted octanol–water partition coefficient (Wildman–Crippen LogP) is 17.5. The SMILES string of the molecule is CC(C)(C)c1cc(-c2ccccc2N(c2ccccc2-c2ccc3c(c2)oc2ccccc23)c2ccccc2-c2cccc3cccc(-c4ccccc4)c23)cc(C(C)(C)C)c1. The van der Waals surface area contributed by atoms with Crippen LogP contribution >= 0.6 is 0 Å². The Labute approximate surface area is 365 Å². The summed E-state index contributed by atoms with van der Waals surface area (Å²) < 4.78 is 6.49. The van der Waals surface area contributed by atoms with E-state index in [1.807, 2.05) is 6.07 Å². The Morgan fingerprint density at radius 3 is 1.48 bits per heavy atom. The normalized spacial score (nSPS) is 12.0. The third kappa shape index (κ3) is 7.06. The molecule has 0 fully saturated rings. The molecule has 0 unspecified atom stereocenters. The van der Waals surface area contributed by atoms with Gasteiger partial charge in [0.2, 0.25) is 0 Å². The van der Waals surface area contributed by atoms with Crippen LogP contribution in [0.3, 0.4) is 0 Å². The molecule has 0 saturated carbocycles. The molecule has 0 aliphatic heterocycles. The average Bonchev–Trinajstić information content (AvgIpc) is 3.67. The minimum Gasteiger partial charge on any atom is -0.456 e. The van der Waals surface area contributed by atoms with Gasteiger partial charge in [0.1, 0.15) is 11.2 Å². The summed E-state index contributed by atoms with van der Waals surface area (Å²) >= 11 is 0. The number of anilines is 3. The number of fused-ring (bicyclic) bond motifs is 4. The standard InChI is InChI=1S/C60H51NO/c1-59(2,3)44-36-43(37-45(39-44)60(4,5)6)47-25-11-15-31-54(47)61(53-30-14-10-24-46(53)42-34-35-51-50-27-13-17-33-56(50)62-57(51)38-42)55-32-16-12-26-49(55)52-29-19-23-41-22-18-28-48(58(41)52)40-20-8-7-9-21-40/h7-39H,1-6H3. The number of hydrogen-bond acceptors (Lipinski definition) is 2. The first kappa shape index (κ1) is 39.0. The van der Waals surface area contributed by atoms with Crippen LogP contribution in [0.5, 0.6) is 0 Å². The van der Waals surface area contributed by atoms with Gasteiger partial charge >= 0.3 is 0 Å². The highest BCUT2D eigenvalue weighted by Crippen LogP contribution is 2.50. The lowest BCUT2D eigenvalue weighted by Gasteiger charge is -2.32. The molecule has 302 valence electrons. The van der Waals surface area contributed by atoms with Crippen LogP contribution in [0.25, 0.3) is 77.2 Å². The van der Waals surface area contributed by atoms with Crippen molar-refractivity contribution in [3.63, 3.8) is 0 Å². The first-order valence-corrected chi connectivity index (χ1v) is 21.8. The van der Waals surface area contributed by atoms with Crippen molar-refractivity contribution in [1.29, 1.82) is 0 Å². The molecule has 0 atom stereocenters. The Morgan fingerprint density at radius 1 is 0.339 bits per heavy atom. The molecule has 10 aromatic rings. The summed E-state index contributed by atoms with van der Waals surface area (Å²) in [6.07, 6.45) is 0. The molecule has 1 aromatic heterocycles. The maximum Gasteiger partial charge on any atom is 0.136 e. The molecule has 0 aliphatic carbocycles. The molecule has 0 radical (unpaired) electrons. The number of benzene rings is 9. The fourth-order valence-electron chi connectivity index (χ4n) is 9.08.